The molecule has 2 amide bonds. The third kappa shape index (κ3) is 10.8. The highest BCUT2D eigenvalue weighted by atomic mass is 19.1. The van der Waals surface area contributed by atoms with Crippen LogP contribution < -0.4 is 21.1 Å². The van der Waals surface area contributed by atoms with Crippen LogP contribution in [0.2, 0.25) is 0 Å². The van der Waals surface area contributed by atoms with Gasteiger partial charge in [0.25, 0.3) is 0 Å². The number of amides is 2. The van der Waals surface area contributed by atoms with Crippen molar-refractivity contribution >= 4 is 17.5 Å². The molecule has 3 rings (SSSR count). The molecule has 0 saturated carbocycles. The van der Waals surface area contributed by atoms with E-state index in [1.807, 2.05) is 13.8 Å². The number of aryl methyl sites for hydroxylation is 1. The van der Waals surface area contributed by atoms with Crippen molar-refractivity contribution in [2.75, 3.05) is 25.6 Å². The summed E-state index contributed by atoms with van der Waals surface area (Å²) in [5.41, 5.74) is 10.5. The molecule has 5 N–H and O–H groups in total. The number of nitrogens with one attached hydrogen (secondary N) is 2. The van der Waals surface area contributed by atoms with Gasteiger partial charge < -0.3 is 30.9 Å². The van der Waals surface area contributed by atoms with Gasteiger partial charge in [-0.2, -0.15) is 0 Å². The van der Waals surface area contributed by atoms with Gasteiger partial charge in [-0.1, -0.05) is 53.7 Å². The van der Waals surface area contributed by atoms with Gasteiger partial charge in [0, 0.05) is 45.1 Å². The van der Waals surface area contributed by atoms with Crippen LogP contribution in [0.3, 0.4) is 0 Å². The summed E-state index contributed by atoms with van der Waals surface area (Å²) in [5.74, 6) is -0.366. The summed E-state index contributed by atoms with van der Waals surface area (Å²) in [5, 5.41) is 17.2. The Balaban J connectivity index is 1.63. The number of methoxy groups -OCH3 is 1. The number of nitrogens with two attached hydrogens (primary N) is 1. The van der Waals surface area contributed by atoms with Crippen molar-refractivity contribution in [1.29, 1.82) is 0 Å². The molecular weight excluding hydrogens is 585 g/mol. The first-order chi connectivity index (χ1) is 21.7. The number of hydrogen-bond donors (Lipinski definition) is 4. The molecule has 4 atom stereocenters. The van der Waals surface area contributed by atoms with Gasteiger partial charge in [-0.15, -0.1) is 0 Å². The molecule has 0 radical (unpaired) electrons. The van der Waals surface area contributed by atoms with Gasteiger partial charge in [-0.05, 0) is 89.8 Å². The molecule has 0 unspecified atom stereocenters. The number of anilines is 1. The quantitative estimate of drug-likeness (QED) is 0.146. The van der Waals surface area contributed by atoms with E-state index in [2.05, 4.69) is 50.5 Å². The van der Waals surface area contributed by atoms with E-state index in [0.717, 1.165) is 24.8 Å². The molecule has 0 aromatic heterocycles. The van der Waals surface area contributed by atoms with Gasteiger partial charge >= 0.3 is 0 Å². The molecule has 0 spiro atoms. The normalized spacial score (nSPS) is 16.5. The highest BCUT2D eigenvalue weighted by molar-refractivity contribution is 5.92. The lowest BCUT2D eigenvalue weighted by Crippen LogP contribution is -2.42. The highest BCUT2D eigenvalue weighted by Gasteiger charge is 2.33. The number of benzene rings is 2. The van der Waals surface area contributed by atoms with Crippen LogP contribution in [0.25, 0.3) is 0 Å². The average Bonchev–Trinajstić information content (AvgIpc) is 3.29. The second kappa shape index (κ2) is 17.2. The Morgan fingerprint density at radius 2 is 1.74 bits per heavy atom. The van der Waals surface area contributed by atoms with Crippen molar-refractivity contribution in [2.24, 2.45) is 29.4 Å². The Morgan fingerprint density at radius 1 is 1.04 bits per heavy atom. The van der Waals surface area contributed by atoms with E-state index in [-0.39, 0.29) is 60.2 Å². The van der Waals surface area contributed by atoms with Crippen molar-refractivity contribution in [3.63, 3.8) is 0 Å². The SMILES string of the molecule is COCCCOc1cc2c(cc1NC(=O)C[C@@H](C[C@H](N)[C@@H](O)C[C@H](C(=O)NCc1ccc(F)cc1)C(C)C)C(C)C)C(C)(C)CC2. The first-order valence-electron chi connectivity index (χ1n) is 16.8. The first-order valence-corrected chi connectivity index (χ1v) is 16.8. The molecule has 46 heavy (non-hydrogen) atoms. The van der Waals surface area contributed by atoms with Crippen LogP contribution in [0.15, 0.2) is 36.4 Å². The molecule has 0 saturated heterocycles. The van der Waals surface area contributed by atoms with Crippen LogP contribution in [-0.4, -0.2) is 49.4 Å². The Morgan fingerprint density at radius 3 is 2.37 bits per heavy atom. The van der Waals surface area contributed by atoms with Crippen LogP contribution in [0.4, 0.5) is 10.1 Å². The maximum absolute atomic E-state index is 13.5. The standard InChI is InChI=1S/C37H56FN3O5/c1-23(2)27(17-31(39)33(42)20-29(24(3)4)36(44)40-22-25-9-11-28(38)12-10-25)19-35(43)41-32-21-30-26(13-14-37(30,5)6)18-34(32)46-16-8-15-45-7/h9-12,18,21,23-24,27,29,31,33,42H,8,13-17,19-20,22,39H2,1-7H3,(H,40,44)(H,41,43)/t27-,29+,31+,33+/m1/s1. The van der Waals surface area contributed by atoms with Crippen molar-refractivity contribution in [3.8, 4) is 5.75 Å². The van der Waals surface area contributed by atoms with E-state index in [9.17, 15) is 19.1 Å². The Labute approximate surface area is 275 Å². The first kappa shape index (κ1) is 37.4. The second-order valence-electron chi connectivity index (χ2n) is 14.2. The fourth-order valence-electron chi connectivity index (χ4n) is 6.22. The maximum atomic E-state index is 13.5. The molecule has 1 aliphatic rings. The number of hydrogen-bond acceptors (Lipinski definition) is 6. The summed E-state index contributed by atoms with van der Waals surface area (Å²) >= 11 is 0. The van der Waals surface area contributed by atoms with Crippen LogP contribution in [0, 0.1) is 29.5 Å². The number of ether oxygens (including phenoxy) is 2. The monoisotopic (exact) mass is 641 g/mol. The lowest BCUT2D eigenvalue weighted by Gasteiger charge is -2.29. The zero-order valence-corrected chi connectivity index (χ0v) is 28.8. The van der Waals surface area contributed by atoms with Gasteiger partial charge in [0.15, 0.2) is 0 Å². The molecule has 0 bridgehead atoms. The number of aliphatic hydroxyl groups is 1. The fourth-order valence-corrected chi connectivity index (χ4v) is 6.22. The zero-order valence-electron chi connectivity index (χ0n) is 28.8. The zero-order chi connectivity index (χ0) is 34.0. The summed E-state index contributed by atoms with van der Waals surface area (Å²) < 4.78 is 24.5. The molecule has 0 heterocycles. The van der Waals surface area contributed by atoms with E-state index >= 15 is 0 Å². The predicted octanol–water partition coefficient (Wildman–Crippen LogP) is 6.12. The van der Waals surface area contributed by atoms with E-state index in [4.69, 9.17) is 15.2 Å². The van der Waals surface area contributed by atoms with Crippen molar-refractivity contribution in [1.82, 2.24) is 5.32 Å². The van der Waals surface area contributed by atoms with Crippen molar-refractivity contribution < 1.29 is 28.6 Å². The summed E-state index contributed by atoms with van der Waals surface area (Å²) in [7, 11) is 1.66. The largest absolute Gasteiger partial charge is 0.491 e. The minimum absolute atomic E-state index is 0.0232. The Kier molecular flexibility index (Phi) is 14.0. The predicted molar refractivity (Wildman–Crippen MR) is 181 cm³/mol. The van der Waals surface area contributed by atoms with E-state index < -0.39 is 18.1 Å². The van der Waals surface area contributed by atoms with Gasteiger partial charge in [0.05, 0.1) is 18.4 Å². The molecule has 2 aromatic rings. The number of halogens is 1. The van der Waals surface area contributed by atoms with Crippen LogP contribution in [0.5, 0.6) is 5.75 Å². The minimum atomic E-state index is -0.917. The molecule has 0 fully saturated rings. The lowest BCUT2D eigenvalue weighted by molar-refractivity contribution is -0.127. The van der Waals surface area contributed by atoms with Crippen molar-refractivity contribution in [2.45, 2.75) is 104 Å². The number of rotatable bonds is 18. The summed E-state index contributed by atoms with van der Waals surface area (Å²) in [6.07, 6.45) is 2.74. The molecule has 256 valence electrons. The van der Waals surface area contributed by atoms with Gasteiger partial charge in [-0.25, -0.2) is 4.39 Å². The van der Waals surface area contributed by atoms with Crippen LogP contribution in [-0.2, 0) is 32.7 Å². The van der Waals surface area contributed by atoms with Gasteiger partial charge in [-0.3, -0.25) is 9.59 Å². The molecule has 0 aliphatic heterocycles. The Bertz CT molecular complexity index is 1280. The van der Waals surface area contributed by atoms with Crippen molar-refractivity contribution in [3.05, 3.63) is 58.9 Å². The molecular formula is C37H56FN3O5. The van der Waals surface area contributed by atoms with Gasteiger partial charge in [0.1, 0.15) is 11.6 Å². The molecule has 9 heteroatoms. The van der Waals surface area contributed by atoms with Crippen LogP contribution in [0.1, 0.15) is 90.3 Å². The fraction of sp³-hybridized carbons (Fsp3) is 0.622. The van der Waals surface area contributed by atoms with Gasteiger partial charge in [0.2, 0.25) is 11.8 Å². The Hall–Kier alpha value is -3.01. The molecule has 2 aromatic carbocycles. The summed E-state index contributed by atoms with van der Waals surface area (Å²) in [4.78, 5) is 26.5. The third-order valence-electron chi connectivity index (χ3n) is 9.45. The summed E-state index contributed by atoms with van der Waals surface area (Å²) in [6.45, 7) is 13.8. The number of carbonyl (C=O) groups is 2. The number of carbonyl (C=O) groups excluding carboxylic acids is 2. The highest BCUT2D eigenvalue weighted by Crippen LogP contribution is 2.43. The third-order valence-corrected chi connectivity index (χ3v) is 9.45. The number of fused-ring (bicyclic) bond motifs is 1. The summed E-state index contributed by atoms with van der Waals surface area (Å²) in [6, 6.07) is 9.52. The van der Waals surface area contributed by atoms with E-state index in [0.29, 0.717) is 31.1 Å². The smallest absolute Gasteiger partial charge is 0.224 e. The topological polar surface area (TPSA) is 123 Å². The minimum Gasteiger partial charge on any atom is -0.491 e. The van der Waals surface area contributed by atoms with Crippen LogP contribution >= 0.6 is 0 Å². The maximum Gasteiger partial charge on any atom is 0.224 e. The van der Waals surface area contributed by atoms with E-state index in [1.165, 1.54) is 23.3 Å². The number of aliphatic hydroxyl groups excluding tert-OH is 1. The molecule has 8 nitrogen and oxygen atoms in total. The van der Waals surface area contributed by atoms with E-state index in [1.54, 1.807) is 19.2 Å². The second-order valence-corrected chi connectivity index (χ2v) is 14.2. The average molecular weight is 642 g/mol. The molecule has 1 aliphatic carbocycles. The lowest BCUT2D eigenvalue weighted by atomic mass is 9.82.